The molecule has 8 heteroatoms. The number of hydrogen-bond donors (Lipinski definition) is 0. The SMILES string of the molecule is C=C/C=C\C(=C\C(=O)C(C)/C(=C\C(=C)N(CC)CC)N=O)C(=O)N1CCN(C(=O)/C(C=C)=C/CC)CC1. The Balaban J connectivity index is 3.08. The zero-order valence-electron chi connectivity index (χ0n) is 22.6. The van der Waals surface area contributed by atoms with Crippen molar-refractivity contribution in [3.05, 3.63) is 89.7 Å². The lowest BCUT2D eigenvalue weighted by atomic mass is 9.99. The Morgan fingerprint density at radius 3 is 1.92 bits per heavy atom. The lowest BCUT2D eigenvalue weighted by Gasteiger charge is -2.35. The monoisotopic (exact) mass is 508 g/mol. The molecule has 0 aromatic rings. The van der Waals surface area contributed by atoms with E-state index in [2.05, 4.69) is 24.9 Å². The van der Waals surface area contributed by atoms with E-state index in [4.69, 9.17) is 0 Å². The van der Waals surface area contributed by atoms with Gasteiger partial charge in [-0.2, -0.15) is 0 Å². The van der Waals surface area contributed by atoms with Crippen molar-refractivity contribution in [2.75, 3.05) is 39.3 Å². The fourth-order valence-electron chi connectivity index (χ4n) is 3.85. The highest BCUT2D eigenvalue weighted by Gasteiger charge is 2.27. The maximum Gasteiger partial charge on any atom is 0.254 e. The summed E-state index contributed by atoms with van der Waals surface area (Å²) in [5, 5.41) is 3.06. The summed E-state index contributed by atoms with van der Waals surface area (Å²) in [5.41, 5.74) is 1.35. The fraction of sp³-hybridized carbons (Fsp3) is 0.414. The highest BCUT2D eigenvalue weighted by molar-refractivity contribution is 6.05. The average Bonchev–Trinajstić information content (AvgIpc) is 2.92. The number of allylic oxidation sites excluding steroid dienone is 6. The van der Waals surface area contributed by atoms with Gasteiger partial charge in [0.2, 0.25) is 0 Å². The molecule has 8 nitrogen and oxygen atoms in total. The molecule has 0 aliphatic carbocycles. The first kappa shape index (κ1) is 31.2. The molecule has 1 aliphatic rings. The predicted octanol–water partition coefficient (Wildman–Crippen LogP) is 4.56. The lowest BCUT2D eigenvalue weighted by Crippen LogP contribution is -2.51. The molecular formula is C29H40N4O4. The summed E-state index contributed by atoms with van der Waals surface area (Å²) in [4.78, 5) is 55.8. The van der Waals surface area contributed by atoms with Gasteiger partial charge in [-0.1, -0.05) is 51.0 Å². The Morgan fingerprint density at radius 2 is 1.49 bits per heavy atom. The number of amides is 2. The molecule has 200 valence electrons. The van der Waals surface area contributed by atoms with Crippen LogP contribution in [0.4, 0.5) is 0 Å². The molecule has 0 aromatic heterocycles. The number of hydrogen-bond acceptors (Lipinski definition) is 6. The van der Waals surface area contributed by atoms with Gasteiger partial charge in [-0.25, -0.2) is 0 Å². The van der Waals surface area contributed by atoms with Crippen molar-refractivity contribution in [1.29, 1.82) is 0 Å². The standard InChI is InChI=1S/C29H40N4O4/c1-8-13-15-25(21-27(34)23(7)26(30-37)20-22(6)31(11-4)12-5)29(36)33-18-16-32(17-19-33)28(35)24(10-3)14-9-2/h8,10,13-15,20-21,23H,1,3,6,9,11-12,16-19H2,2,4-5,7H3/b15-13-,24-14+,25-21-,26-20+. The summed E-state index contributed by atoms with van der Waals surface area (Å²) in [7, 11) is 0. The van der Waals surface area contributed by atoms with E-state index in [0.717, 1.165) is 6.42 Å². The van der Waals surface area contributed by atoms with Gasteiger partial charge in [0.05, 0.1) is 11.6 Å². The van der Waals surface area contributed by atoms with Crippen LogP contribution in [-0.2, 0) is 14.4 Å². The lowest BCUT2D eigenvalue weighted by molar-refractivity contribution is -0.134. The van der Waals surface area contributed by atoms with Gasteiger partial charge < -0.3 is 14.7 Å². The first-order valence-electron chi connectivity index (χ1n) is 12.6. The zero-order valence-corrected chi connectivity index (χ0v) is 22.6. The summed E-state index contributed by atoms with van der Waals surface area (Å²) < 4.78 is 0. The molecule has 1 unspecified atom stereocenters. The van der Waals surface area contributed by atoms with Gasteiger partial charge in [-0.05, 0) is 50.6 Å². The van der Waals surface area contributed by atoms with E-state index >= 15 is 0 Å². The van der Waals surface area contributed by atoms with Crippen LogP contribution in [0, 0.1) is 10.8 Å². The Labute approximate surface area is 221 Å². The number of nitrogens with zero attached hydrogens (tertiary/aromatic N) is 4. The molecule has 0 aromatic carbocycles. The number of ketones is 1. The van der Waals surface area contributed by atoms with Crippen LogP contribution in [0.1, 0.15) is 34.1 Å². The topological polar surface area (TPSA) is 90.4 Å². The van der Waals surface area contributed by atoms with Crippen LogP contribution in [-0.4, -0.2) is 71.6 Å². The Bertz CT molecular complexity index is 1010. The first-order chi connectivity index (χ1) is 17.7. The maximum atomic E-state index is 13.3. The van der Waals surface area contributed by atoms with Gasteiger partial charge in [-0.3, -0.25) is 14.4 Å². The van der Waals surface area contributed by atoms with Gasteiger partial charge in [0, 0.05) is 56.1 Å². The van der Waals surface area contributed by atoms with E-state index in [-0.39, 0.29) is 23.1 Å². The first-order valence-corrected chi connectivity index (χ1v) is 12.6. The Hall–Kier alpha value is -3.81. The van der Waals surface area contributed by atoms with Crippen molar-refractivity contribution in [3.8, 4) is 0 Å². The molecule has 0 N–H and O–H groups in total. The van der Waals surface area contributed by atoms with E-state index in [1.54, 1.807) is 28.9 Å². The molecule has 0 saturated carbocycles. The van der Waals surface area contributed by atoms with Crippen molar-refractivity contribution in [3.63, 3.8) is 0 Å². The number of carbonyl (C=O) groups is 3. The van der Waals surface area contributed by atoms with Crippen molar-refractivity contribution in [2.24, 2.45) is 11.1 Å². The minimum absolute atomic E-state index is 0.0444. The van der Waals surface area contributed by atoms with Gasteiger partial charge in [0.1, 0.15) is 0 Å². The molecule has 0 spiro atoms. The second-order valence-corrected chi connectivity index (χ2v) is 8.50. The van der Waals surface area contributed by atoms with Crippen LogP contribution in [0.5, 0.6) is 0 Å². The van der Waals surface area contributed by atoms with Crippen LogP contribution >= 0.6 is 0 Å². The highest BCUT2D eigenvalue weighted by Crippen LogP contribution is 2.19. The second-order valence-electron chi connectivity index (χ2n) is 8.50. The molecular weight excluding hydrogens is 468 g/mol. The second kappa shape index (κ2) is 16.0. The third-order valence-electron chi connectivity index (χ3n) is 6.16. The van der Waals surface area contributed by atoms with E-state index < -0.39 is 11.7 Å². The Morgan fingerprint density at radius 1 is 0.946 bits per heavy atom. The van der Waals surface area contributed by atoms with Gasteiger partial charge in [-0.15, -0.1) is 4.91 Å². The summed E-state index contributed by atoms with van der Waals surface area (Å²) in [6.45, 7) is 21.6. The van der Waals surface area contributed by atoms with E-state index in [1.807, 2.05) is 31.7 Å². The van der Waals surface area contributed by atoms with Crippen LogP contribution in [0.25, 0.3) is 0 Å². The van der Waals surface area contributed by atoms with E-state index in [9.17, 15) is 19.3 Å². The minimum Gasteiger partial charge on any atom is -0.373 e. The van der Waals surface area contributed by atoms with Crippen LogP contribution < -0.4 is 0 Å². The Kier molecular flexibility index (Phi) is 13.5. The molecule has 1 heterocycles. The average molecular weight is 509 g/mol. The quantitative estimate of drug-likeness (QED) is 0.195. The summed E-state index contributed by atoms with van der Waals surface area (Å²) in [6.07, 6.45) is 11.5. The molecule has 2 amide bonds. The van der Waals surface area contributed by atoms with Gasteiger partial charge >= 0.3 is 0 Å². The smallest absolute Gasteiger partial charge is 0.254 e. The highest BCUT2D eigenvalue weighted by atomic mass is 16.3. The molecule has 0 radical (unpaired) electrons. The molecule has 1 saturated heterocycles. The van der Waals surface area contributed by atoms with E-state index in [1.165, 1.54) is 24.3 Å². The van der Waals surface area contributed by atoms with Crippen molar-refractivity contribution >= 4 is 17.6 Å². The minimum atomic E-state index is -0.859. The molecule has 37 heavy (non-hydrogen) atoms. The van der Waals surface area contributed by atoms with Crippen LogP contribution in [0.3, 0.4) is 0 Å². The van der Waals surface area contributed by atoms with Gasteiger partial charge in [0.25, 0.3) is 11.8 Å². The number of nitroso groups, excluding NO2 is 1. The van der Waals surface area contributed by atoms with Crippen LogP contribution in [0.15, 0.2) is 90.0 Å². The number of piperazine rings is 1. The van der Waals surface area contributed by atoms with Crippen molar-refractivity contribution < 1.29 is 14.4 Å². The summed E-state index contributed by atoms with van der Waals surface area (Å²) in [6, 6.07) is 0. The number of carbonyl (C=O) groups excluding carboxylic acids is 3. The third-order valence-corrected chi connectivity index (χ3v) is 6.16. The number of likely N-dealkylation sites (N-methyl/N-ethyl adjacent to an activating group) is 1. The predicted molar refractivity (Wildman–Crippen MR) is 149 cm³/mol. The van der Waals surface area contributed by atoms with Gasteiger partial charge in [0.15, 0.2) is 5.78 Å². The number of rotatable bonds is 14. The molecule has 1 fully saturated rings. The van der Waals surface area contributed by atoms with E-state index in [0.29, 0.717) is 50.5 Å². The van der Waals surface area contributed by atoms with Crippen molar-refractivity contribution in [2.45, 2.75) is 34.1 Å². The van der Waals surface area contributed by atoms with Crippen molar-refractivity contribution in [1.82, 2.24) is 14.7 Å². The zero-order chi connectivity index (χ0) is 28.0. The maximum absolute atomic E-state index is 13.3. The van der Waals surface area contributed by atoms with Crippen LogP contribution in [0.2, 0.25) is 0 Å². The fourth-order valence-corrected chi connectivity index (χ4v) is 3.85. The normalized spacial score (nSPS) is 15.8. The largest absolute Gasteiger partial charge is 0.373 e. The molecule has 1 aliphatic heterocycles. The summed E-state index contributed by atoms with van der Waals surface area (Å²) >= 11 is 0. The molecule has 0 bridgehead atoms. The summed E-state index contributed by atoms with van der Waals surface area (Å²) in [5.74, 6) is -1.73. The molecule has 1 atom stereocenters. The molecule has 1 rings (SSSR count). The third kappa shape index (κ3) is 8.97.